The molecule has 7 nitrogen and oxygen atoms in total. The van der Waals surface area contributed by atoms with Crippen molar-refractivity contribution in [3.63, 3.8) is 0 Å². The highest BCUT2D eigenvalue weighted by molar-refractivity contribution is 7.09. The molecule has 2 N–H and O–H groups in total. The number of likely N-dealkylation sites (N-methyl/N-ethyl adjacent to an activating group) is 1. The van der Waals surface area contributed by atoms with Gasteiger partial charge in [-0.2, -0.15) is 4.37 Å². The second-order valence-corrected chi connectivity index (χ2v) is 8.45. The van der Waals surface area contributed by atoms with Crippen LogP contribution in [0.2, 0.25) is 5.02 Å². The molecule has 2 aliphatic heterocycles. The zero-order chi connectivity index (χ0) is 18.8. The number of nitrogens with zero attached hydrogens (tertiary/aromatic N) is 4. The van der Waals surface area contributed by atoms with Crippen LogP contribution in [0.1, 0.15) is 31.0 Å². The number of aromatic nitrogens is 3. The summed E-state index contributed by atoms with van der Waals surface area (Å²) < 4.78 is 9.88. The van der Waals surface area contributed by atoms with Crippen LogP contribution in [0.25, 0.3) is 10.6 Å². The van der Waals surface area contributed by atoms with Gasteiger partial charge in [-0.1, -0.05) is 11.6 Å². The summed E-state index contributed by atoms with van der Waals surface area (Å²) >= 11 is 7.77. The van der Waals surface area contributed by atoms with E-state index in [4.69, 9.17) is 21.3 Å². The molecule has 2 aromatic heterocycles. The normalized spacial score (nSPS) is 26.9. The quantitative estimate of drug-likeness (QED) is 0.802. The van der Waals surface area contributed by atoms with Crippen LogP contribution in [0.4, 0.5) is 5.82 Å². The summed E-state index contributed by atoms with van der Waals surface area (Å²) in [5, 5.41) is 14.7. The summed E-state index contributed by atoms with van der Waals surface area (Å²) in [6.07, 6.45) is 4.11. The number of aliphatic hydroxyl groups excluding tert-OH is 1. The van der Waals surface area contributed by atoms with Crippen molar-refractivity contribution in [2.45, 2.75) is 37.3 Å². The molecule has 3 atom stereocenters. The minimum absolute atomic E-state index is 0.0805. The molecular formula is C18H24ClN5O2S. The second-order valence-electron chi connectivity index (χ2n) is 7.29. The Morgan fingerprint density at radius 3 is 3.11 bits per heavy atom. The summed E-state index contributed by atoms with van der Waals surface area (Å²) in [6.45, 7) is 3.10. The van der Waals surface area contributed by atoms with E-state index in [0.29, 0.717) is 30.0 Å². The van der Waals surface area contributed by atoms with Crippen molar-refractivity contribution in [3.8, 4) is 10.6 Å². The summed E-state index contributed by atoms with van der Waals surface area (Å²) in [5.74, 6) is 1.96. The Bertz CT molecular complexity index is 789. The van der Waals surface area contributed by atoms with Gasteiger partial charge in [-0.25, -0.2) is 9.97 Å². The van der Waals surface area contributed by atoms with Crippen molar-refractivity contribution in [1.82, 2.24) is 19.2 Å². The molecule has 0 unspecified atom stereocenters. The average molecular weight is 410 g/mol. The van der Waals surface area contributed by atoms with Crippen molar-refractivity contribution in [2.75, 3.05) is 38.7 Å². The highest BCUT2D eigenvalue weighted by Gasteiger charge is 2.25. The van der Waals surface area contributed by atoms with E-state index in [0.717, 1.165) is 42.3 Å². The fourth-order valence-corrected chi connectivity index (χ4v) is 4.67. The highest BCUT2D eigenvalue weighted by Crippen LogP contribution is 2.33. The fraction of sp³-hybridized carbons (Fsp3) is 0.611. The van der Waals surface area contributed by atoms with E-state index in [1.807, 2.05) is 6.07 Å². The highest BCUT2D eigenvalue weighted by atomic mass is 35.5. The first-order valence-corrected chi connectivity index (χ1v) is 10.5. The molecule has 4 heterocycles. The number of halogens is 1. The van der Waals surface area contributed by atoms with Gasteiger partial charge in [0.1, 0.15) is 16.6 Å². The molecule has 0 bridgehead atoms. The summed E-state index contributed by atoms with van der Waals surface area (Å²) in [7, 11) is 2.14. The zero-order valence-corrected chi connectivity index (χ0v) is 16.8. The molecule has 2 fully saturated rings. The van der Waals surface area contributed by atoms with E-state index in [-0.39, 0.29) is 6.04 Å². The zero-order valence-electron chi connectivity index (χ0n) is 15.3. The van der Waals surface area contributed by atoms with Gasteiger partial charge < -0.3 is 20.1 Å². The van der Waals surface area contributed by atoms with Gasteiger partial charge in [0.05, 0.1) is 23.8 Å². The Balaban J connectivity index is 1.53. The number of pyridine rings is 1. The van der Waals surface area contributed by atoms with Crippen LogP contribution in [0.5, 0.6) is 0 Å². The van der Waals surface area contributed by atoms with Gasteiger partial charge >= 0.3 is 0 Å². The number of piperidine rings is 1. The molecule has 0 amide bonds. The van der Waals surface area contributed by atoms with E-state index in [1.165, 1.54) is 18.0 Å². The lowest BCUT2D eigenvalue weighted by Crippen LogP contribution is -2.42. The number of nitrogens with one attached hydrogen (secondary N) is 1. The molecule has 2 aliphatic rings. The number of rotatable bonds is 4. The van der Waals surface area contributed by atoms with Crippen LogP contribution in [-0.4, -0.2) is 69.8 Å². The minimum atomic E-state index is -0.545. The molecule has 146 valence electrons. The molecular weight excluding hydrogens is 386 g/mol. The monoisotopic (exact) mass is 409 g/mol. The molecule has 4 rings (SSSR count). The first kappa shape index (κ1) is 19.0. The molecule has 27 heavy (non-hydrogen) atoms. The molecule has 0 saturated carbocycles. The van der Waals surface area contributed by atoms with E-state index in [2.05, 4.69) is 26.6 Å². The Morgan fingerprint density at radius 2 is 2.30 bits per heavy atom. The lowest BCUT2D eigenvalue weighted by atomic mass is 9.98. The number of anilines is 1. The fourth-order valence-electron chi connectivity index (χ4n) is 3.65. The first-order chi connectivity index (χ1) is 13.1. The smallest absolute Gasteiger partial charge is 0.147 e. The number of hydrogen-bond acceptors (Lipinski definition) is 8. The number of ether oxygens (including phenoxy) is 1. The standard InChI is InChI=1S/C18H24ClN5O2S/c1-24-5-2-3-11(9-24)17-22-18(27-23-17)12-7-16(20-8-13(12)19)21-14-4-6-26-10-15(14)25/h7-8,11,14-15,25H,2-6,9-10H2,1H3,(H,20,21)/t11-,14-,15-/m1/s1. The van der Waals surface area contributed by atoms with Crippen LogP contribution in [0.3, 0.4) is 0 Å². The van der Waals surface area contributed by atoms with Gasteiger partial charge in [0.25, 0.3) is 0 Å². The largest absolute Gasteiger partial charge is 0.389 e. The Labute approximate surface area is 167 Å². The topological polar surface area (TPSA) is 83.4 Å². The third-order valence-electron chi connectivity index (χ3n) is 5.18. The van der Waals surface area contributed by atoms with E-state index in [1.54, 1.807) is 6.20 Å². The van der Waals surface area contributed by atoms with Gasteiger partial charge in [0, 0.05) is 30.8 Å². The predicted molar refractivity (Wildman–Crippen MR) is 106 cm³/mol. The lowest BCUT2D eigenvalue weighted by Gasteiger charge is -2.28. The molecule has 0 aliphatic carbocycles. The van der Waals surface area contributed by atoms with Gasteiger partial charge in [0.2, 0.25) is 0 Å². The molecule has 0 spiro atoms. The van der Waals surface area contributed by atoms with E-state index >= 15 is 0 Å². The Kier molecular flexibility index (Phi) is 5.89. The van der Waals surface area contributed by atoms with Crippen LogP contribution in [-0.2, 0) is 4.74 Å². The van der Waals surface area contributed by atoms with E-state index in [9.17, 15) is 5.11 Å². The maximum atomic E-state index is 10.1. The maximum Gasteiger partial charge on any atom is 0.147 e. The van der Waals surface area contributed by atoms with Crippen molar-refractivity contribution in [2.24, 2.45) is 0 Å². The van der Waals surface area contributed by atoms with Crippen molar-refractivity contribution in [3.05, 3.63) is 23.1 Å². The third kappa shape index (κ3) is 4.41. The first-order valence-electron chi connectivity index (χ1n) is 9.30. The molecule has 9 heteroatoms. The van der Waals surface area contributed by atoms with Crippen LogP contribution >= 0.6 is 23.1 Å². The van der Waals surface area contributed by atoms with Crippen molar-refractivity contribution in [1.29, 1.82) is 0 Å². The van der Waals surface area contributed by atoms with Crippen molar-refractivity contribution < 1.29 is 9.84 Å². The molecule has 0 radical (unpaired) electrons. The predicted octanol–water partition coefficient (Wildman–Crippen LogP) is 2.62. The third-order valence-corrected chi connectivity index (χ3v) is 6.24. The average Bonchev–Trinajstić information content (AvgIpc) is 3.15. The summed E-state index contributed by atoms with van der Waals surface area (Å²) in [5.41, 5.74) is 0.823. The summed E-state index contributed by atoms with van der Waals surface area (Å²) in [4.78, 5) is 11.5. The van der Waals surface area contributed by atoms with Crippen molar-refractivity contribution >= 4 is 29.0 Å². The van der Waals surface area contributed by atoms with Crippen LogP contribution in [0.15, 0.2) is 12.3 Å². The maximum absolute atomic E-state index is 10.1. The van der Waals surface area contributed by atoms with E-state index < -0.39 is 6.10 Å². The van der Waals surface area contributed by atoms with Gasteiger partial charge in [-0.05, 0) is 50.5 Å². The number of aliphatic hydroxyl groups is 1. The number of likely N-dealkylation sites (tertiary alicyclic amines) is 1. The SMILES string of the molecule is CN1CCC[C@@H](c2nsc(-c3cc(N[C@@H]4CCOC[C@H]4O)ncc3Cl)n2)C1. The Hall–Kier alpha value is -1.32. The molecule has 2 saturated heterocycles. The van der Waals surface area contributed by atoms with Gasteiger partial charge in [-0.15, -0.1) is 0 Å². The minimum Gasteiger partial charge on any atom is -0.389 e. The van der Waals surface area contributed by atoms with Crippen LogP contribution in [0, 0.1) is 0 Å². The molecule has 2 aromatic rings. The molecule has 0 aromatic carbocycles. The summed E-state index contributed by atoms with van der Waals surface area (Å²) in [6, 6.07) is 1.81. The van der Waals surface area contributed by atoms with Gasteiger partial charge in [0.15, 0.2) is 0 Å². The Morgan fingerprint density at radius 1 is 1.41 bits per heavy atom. The lowest BCUT2D eigenvalue weighted by molar-refractivity contribution is -0.0135. The number of hydrogen-bond donors (Lipinski definition) is 2. The van der Waals surface area contributed by atoms with Gasteiger partial charge in [-0.3, -0.25) is 0 Å². The van der Waals surface area contributed by atoms with Crippen LogP contribution < -0.4 is 5.32 Å². The second kappa shape index (κ2) is 8.36.